The Balaban J connectivity index is 0.00000312. The highest BCUT2D eigenvalue weighted by molar-refractivity contribution is 14.0. The van der Waals surface area contributed by atoms with E-state index < -0.39 is 0 Å². The highest BCUT2D eigenvalue weighted by Crippen LogP contribution is 2.16. The van der Waals surface area contributed by atoms with E-state index in [1.54, 1.807) is 7.11 Å². The molecule has 0 radical (unpaired) electrons. The molecule has 0 aromatic carbocycles. The molecule has 7 heteroatoms. The molecular weight excluding hydrogens is 431 g/mol. The Bertz CT molecular complexity index is 502. The van der Waals surface area contributed by atoms with Gasteiger partial charge in [-0.05, 0) is 31.2 Å². The average Bonchev–Trinajstić information content (AvgIpc) is 2.61. The van der Waals surface area contributed by atoms with Crippen LogP contribution in [0.15, 0.2) is 23.3 Å². The summed E-state index contributed by atoms with van der Waals surface area (Å²) < 4.78 is 10.4. The van der Waals surface area contributed by atoms with Gasteiger partial charge in [-0.25, -0.2) is 9.98 Å². The maximum absolute atomic E-state index is 5.48. The number of methoxy groups -OCH3 is 1. The van der Waals surface area contributed by atoms with E-state index in [0.717, 1.165) is 37.1 Å². The molecule has 25 heavy (non-hydrogen) atoms. The third-order valence-corrected chi connectivity index (χ3v) is 4.16. The van der Waals surface area contributed by atoms with Crippen LogP contribution in [0, 0.1) is 5.92 Å². The summed E-state index contributed by atoms with van der Waals surface area (Å²) in [4.78, 5) is 11.4. The van der Waals surface area contributed by atoms with Crippen LogP contribution in [0.3, 0.4) is 0 Å². The number of nitrogens with one attached hydrogen (secondary N) is 1. The molecule has 0 unspecified atom stereocenters. The van der Waals surface area contributed by atoms with Gasteiger partial charge < -0.3 is 19.7 Å². The Hall–Kier alpha value is -1.09. The highest BCUT2D eigenvalue weighted by Gasteiger charge is 2.18. The molecule has 1 fully saturated rings. The zero-order valence-corrected chi connectivity index (χ0v) is 17.9. The normalized spacial score (nSPS) is 15.6. The largest absolute Gasteiger partial charge is 0.475 e. The number of piperidine rings is 1. The summed E-state index contributed by atoms with van der Waals surface area (Å²) in [6, 6.07) is 3.90. The molecule has 0 bridgehead atoms. The molecule has 0 spiro atoms. The van der Waals surface area contributed by atoms with Gasteiger partial charge in [-0.3, -0.25) is 0 Å². The van der Waals surface area contributed by atoms with Crippen LogP contribution in [0.5, 0.6) is 5.88 Å². The van der Waals surface area contributed by atoms with Crippen LogP contribution in [0.25, 0.3) is 0 Å². The summed E-state index contributed by atoms with van der Waals surface area (Å²) in [6.45, 7) is 9.18. The Morgan fingerprint density at radius 2 is 2.08 bits per heavy atom. The predicted molar refractivity (Wildman–Crippen MR) is 112 cm³/mol. The number of aromatic nitrogens is 1. The van der Waals surface area contributed by atoms with E-state index in [-0.39, 0.29) is 24.0 Å². The van der Waals surface area contributed by atoms with Gasteiger partial charge >= 0.3 is 0 Å². The van der Waals surface area contributed by atoms with Crippen LogP contribution in [-0.2, 0) is 11.3 Å². The summed E-state index contributed by atoms with van der Waals surface area (Å²) in [5.41, 5.74) is 1.08. The summed E-state index contributed by atoms with van der Waals surface area (Å²) in [5, 5.41) is 3.40. The molecule has 1 saturated heterocycles. The van der Waals surface area contributed by atoms with E-state index in [9.17, 15) is 0 Å². The number of hydrogen-bond donors (Lipinski definition) is 1. The number of hydrogen-bond acceptors (Lipinski definition) is 4. The standard InChI is InChI=1S/C18H30N4O2.HI/c1-4-19-18(22-9-7-15(2)8-10-22)21-14-16-5-6-17(20-13-16)24-12-11-23-3;/h5-6,13,15H,4,7-12,14H2,1-3H3,(H,19,21);1H. The number of pyridine rings is 1. The van der Waals surface area contributed by atoms with Crippen LogP contribution < -0.4 is 10.1 Å². The Morgan fingerprint density at radius 1 is 1.32 bits per heavy atom. The molecule has 0 amide bonds. The van der Waals surface area contributed by atoms with Gasteiger partial charge in [0.2, 0.25) is 5.88 Å². The minimum absolute atomic E-state index is 0. The first-order valence-electron chi connectivity index (χ1n) is 8.82. The first-order valence-corrected chi connectivity index (χ1v) is 8.82. The Kier molecular flexibility index (Phi) is 10.8. The second-order valence-electron chi connectivity index (χ2n) is 6.19. The second-order valence-corrected chi connectivity index (χ2v) is 6.19. The first-order chi connectivity index (χ1) is 11.7. The number of ether oxygens (including phenoxy) is 2. The maximum Gasteiger partial charge on any atom is 0.213 e. The van der Waals surface area contributed by atoms with E-state index in [2.05, 4.69) is 29.0 Å². The van der Waals surface area contributed by atoms with Crippen molar-refractivity contribution in [2.45, 2.75) is 33.2 Å². The van der Waals surface area contributed by atoms with Crippen molar-refractivity contribution in [2.75, 3.05) is 40.0 Å². The fourth-order valence-corrected chi connectivity index (χ4v) is 2.63. The van der Waals surface area contributed by atoms with E-state index in [1.165, 1.54) is 12.8 Å². The summed E-state index contributed by atoms with van der Waals surface area (Å²) in [6.07, 6.45) is 4.30. The molecule has 0 aliphatic carbocycles. The van der Waals surface area contributed by atoms with E-state index in [1.807, 2.05) is 18.3 Å². The van der Waals surface area contributed by atoms with Crippen molar-refractivity contribution in [1.29, 1.82) is 0 Å². The monoisotopic (exact) mass is 462 g/mol. The average molecular weight is 462 g/mol. The van der Waals surface area contributed by atoms with E-state index in [4.69, 9.17) is 14.5 Å². The first kappa shape index (κ1) is 22.0. The maximum atomic E-state index is 5.48. The van der Waals surface area contributed by atoms with Gasteiger partial charge in [0.05, 0.1) is 13.2 Å². The zero-order valence-electron chi connectivity index (χ0n) is 15.5. The van der Waals surface area contributed by atoms with Crippen molar-refractivity contribution in [2.24, 2.45) is 10.9 Å². The molecule has 1 aliphatic heterocycles. The third kappa shape index (κ3) is 7.77. The number of aliphatic imine (C=N–C) groups is 1. The molecular formula is C18H31IN4O2. The molecule has 0 saturated carbocycles. The Labute approximate surface area is 168 Å². The van der Waals surface area contributed by atoms with Gasteiger partial charge in [-0.1, -0.05) is 13.0 Å². The fraction of sp³-hybridized carbons (Fsp3) is 0.667. The van der Waals surface area contributed by atoms with Crippen LogP contribution in [0.1, 0.15) is 32.3 Å². The van der Waals surface area contributed by atoms with E-state index >= 15 is 0 Å². The molecule has 142 valence electrons. The van der Waals surface area contributed by atoms with Crippen molar-refractivity contribution >= 4 is 29.9 Å². The Morgan fingerprint density at radius 3 is 2.68 bits per heavy atom. The minimum atomic E-state index is 0. The molecule has 1 aliphatic rings. The quantitative estimate of drug-likeness (QED) is 0.292. The minimum Gasteiger partial charge on any atom is -0.475 e. The summed E-state index contributed by atoms with van der Waals surface area (Å²) in [5.74, 6) is 2.44. The van der Waals surface area contributed by atoms with Gasteiger partial charge in [-0.2, -0.15) is 0 Å². The zero-order chi connectivity index (χ0) is 17.2. The SMILES string of the molecule is CCNC(=NCc1ccc(OCCOC)nc1)N1CCC(C)CC1.I. The fourth-order valence-electron chi connectivity index (χ4n) is 2.63. The summed E-state index contributed by atoms with van der Waals surface area (Å²) >= 11 is 0. The molecule has 0 atom stereocenters. The number of guanidine groups is 1. The molecule has 2 rings (SSSR count). The molecule has 1 aromatic heterocycles. The van der Waals surface area contributed by atoms with Crippen molar-refractivity contribution in [3.05, 3.63) is 23.9 Å². The van der Waals surface area contributed by atoms with Crippen molar-refractivity contribution in [1.82, 2.24) is 15.2 Å². The lowest BCUT2D eigenvalue weighted by molar-refractivity contribution is 0.143. The molecule has 1 aromatic rings. The van der Waals surface area contributed by atoms with Crippen molar-refractivity contribution < 1.29 is 9.47 Å². The summed E-state index contributed by atoms with van der Waals surface area (Å²) in [7, 11) is 1.66. The lowest BCUT2D eigenvalue weighted by atomic mass is 10.00. The van der Waals surface area contributed by atoms with Gasteiger partial charge in [0.25, 0.3) is 0 Å². The van der Waals surface area contributed by atoms with Crippen LogP contribution in [0.4, 0.5) is 0 Å². The van der Waals surface area contributed by atoms with Crippen molar-refractivity contribution in [3.63, 3.8) is 0 Å². The highest BCUT2D eigenvalue weighted by atomic mass is 127. The smallest absolute Gasteiger partial charge is 0.213 e. The van der Waals surface area contributed by atoms with Crippen LogP contribution >= 0.6 is 24.0 Å². The number of nitrogens with zero attached hydrogens (tertiary/aromatic N) is 3. The second kappa shape index (κ2) is 12.3. The lowest BCUT2D eigenvalue weighted by Gasteiger charge is -2.33. The van der Waals surface area contributed by atoms with E-state index in [0.29, 0.717) is 25.6 Å². The van der Waals surface area contributed by atoms with Crippen LogP contribution in [0.2, 0.25) is 0 Å². The van der Waals surface area contributed by atoms with Gasteiger partial charge in [0, 0.05) is 39.0 Å². The van der Waals surface area contributed by atoms with Crippen LogP contribution in [-0.4, -0.2) is 55.8 Å². The number of likely N-dealkylation sites (tertiary alicyclic amines) is 1. The van der Waals surface area contributed by atoms with Gasteiger partial charge in [0.15, 0.2) is 5.96 Å². The number of halogens is 1. The molecule has 2 heterocycles. The van der Waals surface area contributed by atoms with Crippen molar-refractivity contribution in [3.8, 4) is 5.88 Å². The third-order valence-electron chi connectivity index (χ3n) is 4.16. The van der Waals surface area contributed by atoms with Gasteiger partial charge in [-0.15, -0.1) is 24.0 Å². The lowest BCUT2D eigenvalue weighted by Crippen LogP contribution is -2.45. The molecule has 1 N–H and O–H groups in total. The van der Waals surface area contributed by atoms with Gasteiger partial charge in [0.1, 0.15) is 6.61 Å². The predicted octanol–water partition coefficient (Wildman–Crippen LogP) is 2.92. The number of rotatable bonds is 7. The molecule has 6 nitrogen and oxygen atoms in total. The topological polar surface area (TPSA) is 59.0 Å².